The molecule has 104 valence electrons. The number of hydrogen-bond donors (Lipinski definition) is 1. The molecule has 0 heterocycles. The molecule has 1 amide bonds. The minimum absolute atomic E-state index is 0.143. The summed E-state index contributed by atoms with van der Waals surface area (Å²) in [6, 6.07) is -0.919. The van der Waals surface area contributed by atoms with Gasteiger partial charge in [0.2, 0.25) is 0 Å². The third kappa shape index (κ3) is 5.21. The lowest BCUT2D eigenvalue weighted by Crippen LogP contribution is -2.49. The fourth-order valence-electron chi connectivity index (χ4n) is 1.54. The SMILES string of the molecule is C=CCN(C(=O)OC(C)(C)C)[C@H](C(=O)O)C(C)C. The summed E-state index contributed by atoms with van der Waals surface area (Å²) < 4.78 is 5.21. The molecule has 5 nitrogen and oxygen atoms in total. The Hall–Kier alpha value is -1.52. The summed E-state index contributed by atoms with van der Waals surface area (Å²) in [5, 5.41) is 9.20. The summed E-state index contributed by atoms with van der Waals surface area (Å²) in [7, 11) is 0. The number of rotatable bonds is 5. The third-order valence-electron chi connectivity index (χ3n) is 2.17. The Bertz CT molecular complexity index is 317. The van der Waals surface area contributed by atoms with Gasteiger partial charge in [-0.1, -0.05) is 19.9 Å². The van der Waals surface area contributed by atoms with Crippen molar-refractivity contribution in [3.63, 3.8) is 0 Å². The van der Waals surface area contributed by atoms with Gasteiger partial charge < -0.3 is 9.84 Å². The van der Waals surface area contributed by atoms with Crippen molar-refractivity contribution in [2.24, 2.45) is 5.92 Å². The molecule has 0 spiro atoms. The Kier molecular flexibility index (Phi) is 5.88. The predicted octanol–water partition coefficient (Wildman–Crippen LogP) is 2.52. The molecule has 0 saturated heterocycles. The molecule has 0 bridgehead atoms. The quantitative estimate of drug-likeness (QED) is 0.768. The molecule has 0 aromatic carbocycles. The second-order valence-corrected chi connectivity index (χ2v) is 5.45. The molecule has 0 aliphatic rings. The number of carboxylic acids is 1. The maximum atomic E-state index is 12.0. The minimum atomic E-state index is -1.04. The molecule has 1 N–H and O–H groups in total. The van der Waals surface area contributed by atoms with Crippen molar-refractivity contribution in [1.82, 2.24) is 4.90 Å². The molecule has 0 aliphatic carbocycles. The second-order valence-electron chi connectivity index (χ2n) is 5.45. The fourth-order valence-corrected chi connectivity index (χ4v) is 1.54. The van der Waals surface area contributed by atoms with E-state index in [4.69, 9.17) is 4.74 Å². The molecule has 18 heavy (non-hydrogen) atoms. The van der Waals surface area contributed by atoms with Crippen LogP contribution in [0.4, 0.5) is 4.79 Å². The lowest BCUT2D eigenvalue weighted by atomic mass is 10.0. The highest BCUT2D eigenvalue weighted by Crippen LogP contribution is 2.16. The standard InChI is InChI=1S/C13H23NO4/c1-7-8-14(10(9(2)3)11(15)16)12(17)18-13(4,5)6/h7,9-10H,1,8H2,2-6H3,(H,15,16)/t10-/m0/s1. The van der Waals surface area contributed by atoms with Crippen molar-refractivity contribution >= 4 is 12.1 Å². The van der Waals surface area contributed by atoms with E-state index in [1.54, 1.807) is 34.6 Å². The van der Waals surface area contributed by atoms with Crippen LogP contribution in [-0.4, -0.2) is 40.3 Å². The van der Waals surface area contributed by atoms with Gasteiger partial charge in [-0.25, -0.2) is 9.59 Å². The van der Waals surface area contributed by atoms with E-state index in [1.807, 2.05) is 0 Å². The highest BCUT2D eigenvalue weighted by Gasteiger charge is 2.34. The zero-order valence-corrected chi connectivity index (χ0v) is 11.8. The number of carbonyl (C=O) groups excluding carboxylic acids is 1. The van der Waals surface area contributed by atoms with Crippen LogP contribution in [0.5, 0.6) is 0 Å². The average molecular weight is 257 g/mol. The first kappa shape index (κ1) is 16.5. The summed E-state index contributed by atoms with van der Waals surface area (Å²) in [4.78, 5) is 24.4. The first-order chi connectivity index (χ1) is 8.10. The van der Waals surface area contributed by atoms with Gasteiger partial charge >= 0.3 is 12.1 Å². The molecule has 5 heteroatoms. The minimum Gasteiger partial charge on any atom is -0.480 e. The molecule has 0 aliphatic heterocycles. The largest absolute Gasteiger partial charge is 0.480 e. The predicted molar refractivity (Wildman–Crippen MR) is 69.4 cm³/mol. The first-order valence-electron chi connectivity index (χ1n) is 5.93. The van der Waals surface area contributed by atoms with E-state index in [1.165, 1.54) is 11.0 Å². The zero-order chi connectivity index (χ0) is 14.5. The maximum Gasteiger partial charge on any atom is 0.411 e. The first-order valence-corrected chi connectivity index (χ1v) is 5.93. The number of hydrogen-bond acceptors (Lipinski definition) is 3. The molecule has 0 aromatic heterocycles. The average Bonchev–Trinajstić information content (AvgIpc) is 2.12. The summed E-state index contributed by atoms with van der Waals surface area (Å²) in [5.74, 6) is -1.26. The van der Waals surface area contributed by atoms with Crippen LogP contribution >= 0.6 is 0 Å². The van der Waals surface area contributed by atoms with Crippen molar-refractivity contribution < 1.29 is 19.4 Å². The van der Waals surface area contributed by atoms with E-state index >= 15 is 0 Å². The summed E-state index contributed by atoms with van der Waals surface area (Å²) >= 11 is 0. The molecular weight excluding hydrogens is 234 g/mol. The van der Waals surface area contributed by atoms with Gasteiger partial charge in [0.1, 0.15) is 11.6 Å². The number of aliphatic carboxylic acids is 1. The highest BCUT2D eigenvalue weighted by molar-refractivity contribution is 5.80. The van der Waals surface area contributed by atoms with E-state index in [-0.39, 0.29) is 12.5 Å². The normalized spacial score (nSPS) is 13.0. The third-order valence-corrected chi connectivity index (χ3v) is 2.17. The second kappa shape index (κ2) is 6.42. The maximum absolute atomic E-state index is 12.0. The smallest absolute Gasteiger partial charge is 0.411 e. The van der Waals surface area contributed by atoms with E-state index in [9.17, 15) is 14.7 Å². The fraction of sp³-hybridized carbons (Fsp3) is 0.692. The van der Waals surface area contributed by atoms with Gasteiger partial charge in [-0.2, -0.15) is 0 Å². The van der Waals surface area contributed by atoms with Gasteiger partial charge in [0, 0.05) is 6.54 Å². The van der Waals surface area contributed by atoms with E-state index in [0.29, 0.717) is 0 Å². The van der Waals surface area contributed by atoms with Crippen LogP contribution in [0.1, 0.15) is 34.6 Å². The van der Waals surface area contributed by atoms with Crippen LogP contribution < -0.4 is 0 Å². The van der Waals surface area contributed by atoms with E-state index in [2.05, 4.69) is 6.58 Å². The van der Waals surface area contributed by atoms with Gasteiger partial charge in [-0.3, -0.25) is 4.90 Å². The Balaban J connectivity index is 5.09. The number of ether oxygens (including phenoxy) is 1. The lowest BCUT2D eigenvalue weighted by Gasteiger charge is -2.32. The molecule has 0 radical (unpaired) electrons. The number of amides is 1. The highest BCUT2D eigenvalue weighted by atomic mass is 16.6. The Morgan fingerprint density at radius 1 is 1.39 bits per heavy atom. The number of carbonyl (C=O) groups is 2. The number of carboxylic acid groups (broad SMARTS) is 1. The molecule has 1 atom stereocenters. The molecule has 0 unspecified atom stereocenters. The topological polar surface area (TPSA) is 66.8 Å². The van der Waals surface area contributed by atoms with Crippen LogP contribution in [0.3, 0.4) is 0 Å². The van der Waals surface area contributed by atoms with E-state index in [0.717, 1.165) is 0 Å². The Labute approximate surface area is 108 Å². The van der Waals surface area contributed by atoms with Crippen molar-refractivity contribution in [3.8, 4) is 0 Å². The molecule has 0 fully saturated rings. The summed E-state index contributed by atoms with van der Waals surface area (Å²) in [5.41, 5.74) is -0.656. The van der Waals surface area contributed by atoms with Crippen LogP contribution in [0.15, 0.2) is 12.7 Å². The zero-order valence-electron chi connectivity index (χ0n) is 11.8. The van der Waals surface area contributed by atoms with Crippen LogP contribution in [-0.2, 0) is 9.53 Å². The Morgan fingerprint density at radius 2 is 1.89 bits per heavy atom. The molecular formula is C13H23NO4. The van der Waals surface area contributed by atoms with Crippen molar-refractivity contribution in [3.05, 3.63) is 12.7 Å². The molecule has 0 rings (SSSR count). The Morgan fingerprint density at radius 3 is 2.17 bits per heavy atom. The van der Waals surface area contributed by atoms with Crippen molar-refractivity contribution in [2.75, 3.05) is 6.54 Å². The summed E-state index contributed by atoms with van der Waals surface area (Å²) in [6.45, 7) is 12.4. The lowest BCUT2D eigenvalue weighted by molar-refractivity contribution is -0.144. The van der Waals surface area contributed by atoms with Crippen LogP contribution in [0, 0.1) is 5.92 Å². The van der Waals surface area contributed by atoms with Crippen LogP contribution in [0.2, 0.25) is 0 Å². The van der Waals surface area contributed by atoms with Crippen molar-refractivity contribution in [1.29, 1.82) is 0 Å². The van der Waals surface area contributed by atoms with Gasteiger partial charge in [-0.15, -0.1) is 6.58 Å². The van der Waals surface area contributed by atoms with Gasteiger partial charge in [0.15, 0.2) is 0 Å². The summed E-state index contributed by atoms with van der Waals surface area (Å²) in [6.07, 6.45) is 0.853. The number of nitrogens with zero attached hydrogens (tertiary/aromatic N) is 1. The monoisotopic (exact) mass is 257 g/mol. The van der Waals surface area contributed by atoms with E-state index < -0.39 is 23.7 Å². The molecule has 0 saturated carbocycles. The van der Waals surface area contributed by atoms with Crippen LogP contribution in [0.25, 0.3) is 0 Å². The van der Waals surface area contributed by atoms with Crippen molar-refractivity contribution in [2.45, 2.75) is 46.3 Å². The van der Waals surface area contributed by atoms with Gasteiger partial charge in [0.05, 0.1) is 0 Å². The van der Waals surface area contributed by atoms with Gasteiger partial charge in [-0.05, 0) is 26.7 Å². The molecule has 0 aromatic rings. The van der Waals surface area contributed by atoms with Gasteiger partial charge in [0.25, 0.3) is 0 Å².